The lowest BCUT2D eigenvalue weighted by atomic mass is 9.70. The van der Waals surface area contributed by atoms with Crippen LogP contribution in [0, 0.1) is 12.3 Å². The molecule has 1 atom stereocenters. The lowest BCUT2D eigenvalue weighted by Crippen LogP contribution is -2.54. The average Bonchev–Trinajstić information content (AvgIpc) is 3.12. The molecule has 262 valence electrons. The van der Waals surface area contributed by atoms with Crippen molar-refractivity contribution in [2.75, 3.05) is 25.4 Å². The molecule has 4 aromatic carbocycles. The van der Waals surface area contributed by atoms with Crippen molar-refractivity contribution in [2.45, 2.75) is 63.3 Å². The van der Waals surface area contributed by atoms with Crippen LogP contribution in [0.1, 0.15) is 61.4 Å². The first-order chi connectivity index (χ1) is 23.9. The smallest absolute Gasteiger partial charge is 0.408 e. The summed E-state index contributed by atoms with van der Waals surface area (Å²) in [6.07, 6.45) is 0.866. The van der Waals surface area contributed by atoms with E-state index in [4.69, 9.17) is 10.5 Å². The van der Waals surface area contributed by atoms with Gasteiger partial charge >= 0.3 is 6.09 Å². The molecule has 0 saturated carbocycles. The van der Waals surface area contributed by atoms with Crippen molar-refractivity contribution in [3.8, 4) is 0 Å². The molecule has 3 N–H and O–H groups in total. The van der Waals surface area contributed by atoms with Gasteiger partial charge in [-0.2, -0.15) is 0 Å². The van der Waals surface area contributed by atoms with Gasteiger partial charge in [0.1, 0.15) is 5.60 Å². The number of hydrogen-bond acceptors (Lipinski definition) is 6. The predicted molar refractivity (Wildman–Crippen MR) is 202 cm³/mol. The number of aryl methyl sites for hydroxylation is 1. The van der Waals surface area contributed by atoms with E-state index in [1.807, 2.05) is 84.6 Å². The summed E-state index contributed by atoms with van der Waals surface area (Å²) in [7, 11) is 0. The molecule has 50 heavy (non-hydrogen) atoms. The summed E-state index contributed by atoms with van der Waals surface area (Å²) in [5, 5.41) is 2.67. The van der Waals surface area contributed by atoms with Crippen molar-refractivity contribution in [1.82, 2.24) is 10.2 Å². The minimum Gasteiger partial charge on any atom is -0.444 e. The molecule has 1 saturated heterocycles. The van der Waals surface area contributed by atoms with Crippen molar-refractivity contribution in [3.63, 3.8) is 0 Å². The summed E-state index contributed by atoms with van der Waals surface area (Å²) in [6.45, 7) is 8.08. The molecule has 5 rings (SSSR count). The molecular formula is C42H49N3O4S. The van der Waals surface area contributed by atoms with Gasteiger partial charge in [0.25, 0.3) is 0 Å². The Balaban J connectivity index is 1.33. The second kappa shape index (κ2) is 16.1. The molecule has 0 aliphatic carbocycles. The lowest BCUT2D eigenvalue weighted by molar-refractivity contribution is -0.139. The quantitative estimate of drug-likeness (QED) is 0.151. The third-order valence-corrected chi connectivity index (χ3v) is 11.2. The van der Waals surface area contributed by atoms with E-state index in [-0.39, 0.29) is 18.2 Å². The number of hydrogen-bond donors (Lipinski definition) is 2. The highest BCUT2D eigenvalue weighted by Crippen LogP contribution is 2.48. The molecular weight excluding hydrogens is 643 g/mol. The number of thioether (sulfide) groups is 1. The maximum atomic E-state index is 14.0. The van der Waals surface area contributed by atoms with E-state index in [9.17, 15) is 14.4 Å². The Morgan fingerprint density at radius 2 is 1.28 bits per heavy atom. The third-order valence-electron chi connectivity index (χ3n) is 9.54. The van der Waals surface area contributed by atoms with Crippen LogP contribution < -0.4 is 11.1 Å². The molecule has 0 spiro atoms. The van der Waals surface area contributed by atoms with Crippen LogP contribution in [0.2, 0.25) is 0 Å². The minimum absolute atomic E-state index is 0.0584. The number of rotatable bonds is 12. The van der Waals surface area contributed by atoms with Crippen LogP contribution >= 0.6 is 11.8 Å². The van der Waals surface area contributed by atoms with Crippen molar-refractivity contribution in [1.29, 1.82) is 0 Å². The third kappa shape index (κ3) is 8.66. The number of alkyl carbamates (subject to hydrolysis) is 1. The number of carbonyl (C=O) groups excluding carboxylic acids is 3. The van der Waals surface area contributed by atoms with Crippen molar-refractivity contribution in [3.05, 3.63) is 143 Å². The van der Waals surface area contributed by atoms with Gasteiger partial charge in [-0.3, -0.25) is 9.59 Å². The molecule has 1 fully saturated rings. The number of likely N-dealkylation sites (tertiary alicyclic amines) is 1. The van der Waals surface area contributed by atoms with Crippen LogP contribution in [0.5, 0.6) is 0 Å². The number of nitrogens with one attached hydrogen (secondary N) is 1. The number of Topliss-reactive ketones (excluding diaryl/α,β-unsaturated/α-hetero) is 1. The highest BCUT2D eigenvalue weighted by molar-refractivity contribution is 8.00. The van der Waals surface area contributed by atoms with Gasteiger partial charge < -0.3 is 20.7 Å². The molecule has 7 nitrogen and oxygen atoms in total. The average molecular weight is 692 g/mol. The number of ketones is 1. The monoisotopic (exact) mass is 691 g/mol. The molecule has 0 bridgehead atoms. The molecule has 8 heteroatoms. The van der Waals surface area contributed by atoms with E-state index < -0.39 is 27.9 Å². The Kier molecular flexibility index (Phi) is 11.9. The van der Waals surface area contributed by atoms with Crippen LogP contribution in [-0.2, 0) is 25.5 Å². The van der Waals surface area contributed by atoms with Crippen LogP contribution in [0.3, 0.4) is 0 Å². The fourth-order valence-corrected chi connectivity index (χ4v) is 8.31. The number of carbonyl (C=O) groups is 3. The van der Waals surface area contributed by atoms with Gasteiger partial charge in [-0.05, 0) is 74.8 Å². The van der Waals surface area contributed by atoms with E-state index >= 15 is 0 Å². The first kappa shape index (κ1) is 36.9. The highest BCUT2D eigenvalue weighted by atomic mass is 32.2. The highest BCUT2D eigenvalue weighted by Gasteiger charge is 2.43. The summed E-state index contributed by atoms with van der Waals surface area (Å²) < 4.78 is 4.80. The Morgan fingerprint density at radius 1 is 0.800 bits per heavy atom. The summed E-state index contributed by atoms with van der Waals surface area (Å²) in [4.78, 5) is 42.2. The van der Waals surface area contributed by atoms with E-state index in [0.717, 1.165) is 27.8 Å². The van der Waals surface area contributed by atoms with Crippen LogP contribution in [0.4, 0.5) is 4.79 Å². The fraction of sp³-hybridized carbons (Fsp3) is 0.357. The van der Waals surface area contributed by atoms with E-state index in [2.05, 4.69) is 47.8 Å². The van der Waals surface area contributed by atoms with E-state index in [0.29, 0.717) is 38.1 Å². The second-order valence-corrected chi connectivity index (χ2v) is 15.4. The zero-order valence-corrected chi connectivity index (χ0v) is 30.4. The zero-order chi connectivity index (χ0) is 35.8. The normalized spacial score (nSPS) is 15.2. The Labute approximate surface area is 301 Å². The number of nitrogens with two attached hydrogens (primary N) is 1. The van der Waals surface area contributed by atoms with Gasteiger partial charge in [-0.25, -0.2) is 4.79 Å². The standard InChI is InChI=1S/C42H49N3O4S/c1-31-16-14-15-17-32(31)28-41(37(46)29-44-39(48)49-40(2,3)4)24-26-45(27-25-41)38(47)36(43)30-50-42(33-18-8-5-9-19-33,34-20-10-6-11-21-34)35-22-12-7-13-23-35/h5-23,36H,24-30,43H2,1-4H3,(H,44,48)/t36-/m0/s1. The number of nitrogens with zero attached hydrogens (tertiary/aromatic N) is 1. The molecule has 0 unspecified atom stereocenters. The molecule has 1 aliphatic rings. The van der Waals surface area contributed by atoms with Gasteiger partial charge in [-0.1, -0.05) is 115 Å². The van der Waals surface area contributed by atoms with Gasteiger partial charge in [0.05, 0.1) is 17.3 Å². The summed E-state index contributed by atoms with van der Waals surface area (Å²) in [5.74, 6) is 0.211. The number of piperidine rings is 1. The van der Waals surface area contributed by atoms with Gasteiger partial charge in [0, 0.05) is 24.3 Å². The molecule has 2 amide bonds. The van der Waals surface area contributed by atoms with Gasteiger partial charge in [0.2, 0.25) is 5.91 Å². The lowest BCUT2D eigenvalue weighted by Gasteiger charge is -2.42. The maximum absolute atomic E-state index is 14.0. The minimum atomic E-state index is -0.746. The first-order valence-electron chi connectivity index (χ1n) is 17.3. The Morgan fingerprint density at radius 3 is 1.76 bits per heavy atom. The molecule has 0 aromatic heterocycles. The van der Waals surface area contributed by atoms with E-state index in [1.165, 1.54) is 0 Å². The van der Waals surface area contributed by atoms with Crippen molar-refractivity contribution >= 4 is 29.5 Å². The SMILES string of the molecule is Cc1ccccc1CC1(C(=O)CNC(=O)OC(C)(C)C)CCN(C(=O)[C@@H](N)CSC(c2ccccc2)(c2ccccc2)c2ccccc2)CC1. The topological polar surface area (TPSA) is 102 Å². The number of benzene rings is 4. The van der Waals surface area contributed by atoms with Crippen LogP contribution in [-0.4, -0.2) is 59.7 Å². The fourth-order valence-electron chi connectivity index (χ4n) is 6.83. The largest absolute Gasteiger partial charge is 0.444 e. The van der Waals surface area contributed by atoms with Gasteiger partial charge in [0.15, 0.2) is 5.78 Å². The van der Waals surface area contributed by atoms with Gasteiger partial charge in [-0.15, -0.1) is 11.8 Å². The summed E-state index contributed by atoms with van der Waals surface area (Å²) in [5.41, 5.74) is 10.9. The number of amides is 2. The van der Waals surface area contributed by atoms with Crippen molar-refractivity contribution in [2.24, 2.45) is 11.1 Å². The van der Waals surface area contributed by atoms with E-state index in [1.54, 1.807) is 32.5 Å². The summed E-state index contributed by atoms with van der Waals surface area (Å²) >= 11 is 1.67. The summed E-state index contributed by atoms with van der Waals surface area (Å²) in [6, 6.07) is 38.4. The first-order valence-corrected chi connectivity index (χ1v) is 18.3. The predicted octanol–water partition coefficient (Wildman–Crippen LogP) is 7.29. The second-order valence-electron chi connectivity index (χ2n) is 14.2. The molecule has 0 radical (unpaired) electrons. The molecule has 4 aromatic rings. The van der Waals surface area contributed by atoms with Crippen LogP contribution in [0.15, 0.2) is 115 Å². The molecule has 1 heterocycles. The number of ether oxygens (including phenoxy) is 1. The Bertz CT molecular complexity index is 1640. The zero-order valence-electron chi connectivity index (χ0n) is 29.6. The van der Waals surface area contributed by atoms with Crippen molar-refractivity contribution < 1.29 is 19.1 Å². The maximum Gasteiger partial charge on any atom is 0.408 e. The Hall–Kier alpha value is -4.40. The molecule has 1 aliphatic heterocycles. The van der Waals surface area contributed by atoms with Crippen LogP contribution in [0.25, 0.3) is 0 Å².